The van der Waals surface area contributed by atoms with Crippen molar-refractivity contribution >= 4 is 17.4 Å². The number of esters is 1. The van der Waals surface area contributed by atoms with Crippen molar-refractivity contribution in [3.63, 3.8) is 0 Å². The van der Waals surface area contributed by atoms with Crippen LogP contribution in [0.5, 0.6) is 17.2 Å². The molecule has 0 aromatic heterocycles. The van der Waals surface area contributed by atoms with E-state index in [2.05, 4.69) is 70.8 Å². The van der Waals surface area contributed by atoms with Crippen LogP contribution in [0, 0.1) is 0 Å². The molecule has 492 valence electrons. The highest BCUT2D eigenvalue weighted by atomic mass is 16.5. The number of nitrogens with zero attached hydrogens (tertiary/aromatic N) is 1. The number of allylic oxidation sites excluding steroid dienone is 7. The number of carbonyl (C=O) groups is 2. The van der Waals surface area contributed by atoms with Gasteiger partial charge in [0.25, 0.3) is 0 Å². The summed E-state index contributed by atoms with van der Waals surface area (Å²) in [6, 6.07) is 12.0. The molecule has 0 amide bonds. The summed E-state index contributed by atoms with van der Waals surface area (Å²) < 4.78 is 26.1. The third-order valence-corrected chi connectivity index (χ3v) is 18.6. The molecule has 0 bridgehead atoms. The largest absolute Gasteiger partial charge is 0.490 e. The Morgan fingerprint density at radius 1 is 0.437 bits per heavy atom. The monoisotopic (exact) mass is 1200 g/mol. The molecule has 0 saturated heterocycles. The minimum absolute atomic E-state index is 0.136. The average Bonchev–Trinajstić information content (AvgIpc) is 2.25. The summed E-state index contributed by atoms with van der Waals surface area (Å²) in [6.45, 7) is 12.9. The number of ether oxygens (including phenoxy) is 4. The molecule has 0 atom stereocenters. The van der Waals surface area contributed by atoms with Crippen LogP contribution in [-0.4, -0.2) is 38.6 Å². The van der Waals surface area contributed by atoms with Crippen molar-refractivity contribution in [2.24, 2.45) is 0 Å². The first-order valence-electron chi connectivity index (χ1n) is 37.2. The zero-order valence-electron chi connectivity index (χ0n) is 57.3. The standard InChI is InChI=1S/C80H131NO6/c1-7-10-13-16-19-22-25-28-31-34-37-40-43-46-49-54-63-84-75-67-70(79(83)87-71-60-61-74(82)69(66-71)59-62-77-80(4,5)72-57-52-53-58-73(72)81(77)6)68-76(85-64-55-50-47-44-41-38-35-32-29-26-23-20-17-14-11-8-2)78(75)86-65-56-51-48-45-42-39-36-33-30-27-24-21-18-15-12-9-3/h52-53,57-62,66-68H,7-51,54-56,63-65H2,1-6H3. The van der Waals surface area contributed by atoms with Gasteiger partial charge in [0, 0.05) is 29.4 Å². The van der Waals surface area contributed by atoms with Gasteiger partial charge in [0.05, 0.1) is 25.4 Å². The fourth-order valence-electron chi connectivity index (χ4n) is 12.9. The van der Waals surface area contributed by atoms with E-state index in [9.17, 15) is 9.59 Å². The molecule has 7 heteroatoms. The van der Waals surface area contributed by atoms with Gasteiger partial charge < -0.3 is 23.8 Å². The molecule has 7 nitrogen and oxygen atoms in total. The van der Waals surface area contributed by atoms with Crippen molar-refractivity contribution in [1.82, 2.24) is 0 Å². The van der Waals surface area contributed by atoms with Gasteiger partial charge in [-0.15, -0.1) is 0 Å². The summed E-state index contributed by atoms with van der Waals surface area (Å²) >= 11 is 0. The van der Waals surface area contributed by atoms with Crippen molar-refractivity contribution in [2.75, 3.05) is 31.8 Å². The Morgan fingerprint density at radius 2 is 0.770 bits per heavy atom. The first-order valence-corrected chi connectivity index (χ1v) is 37.2. The molecule has 1 aliphatic carbocycles. The number of ketones is 1. The van der Waals surface area contributed by atoms with Crippen molar-refractivity contribution in [3.05, 3.63) is 94.9 Å². The molecule has 0 unspecified atom stereocenters. The van der Waals surface area contributed by atoms with E-state index in [0.717, 1.165) is 49.9 Å². The molecule has 0 saturated carbocycles. The lowest BCUT2D eigenvalue weighted by Crippen LogP contribution is -2.22. The SMILES string of the molecule is CCCCCCCCCCCCCCCCCCOc1cc(C(=O)OC2=CC(=CC=C3N(C)c4ccccc4C3(C)C)C(=O)C=C2)cc(OCCCCCCCCCCCCCCCCCC)c1OCCCCCCCCCCCCCCCCCC. The molecule has 87 heavy (non-hydrogen) atoms. The normalized spacial score (nSPS) is 14.6. The Balaban J connectivity index is 1.38. The van der Waals surface area contributed by atoms with Gasteiger partial charge in [-0.05, 0) is 73.4 Å². The fourth-order valence-corrected chi connectivity index (χ4v) is 12.9. The Bertz CT molecular complexity index is 2160. The first kappa shape index (κ1) is 75.2. The second-order valence-electron chi connectivity index (χ2n) is 26.8. The zero-order chi connectivity index (χ0) is 62.1. The van der Waals surface area contributed by atoms with Gasteiger partial charge in [0.15, 0.2) is 17.3 Å². The second kappa shape index (κ2) is 49.5. The lowest BCUT2D eigenvalue weighted by atomic mass is 9.83. The number of carbonyl (C=O) groups excluding carboxylic acids is 2. The number of hydrogen-bond donors (Lipinski definition) is 0. The van der Waals surface area contributed by atoms with Gasteiger partial charge in [0.2, 0.25) is 5.75 Å². The molecule has 1 aliphatic heterocycles. The Labute approximate surface area is 535 Å². The number of para-hydroxylation sites is 1. The van der Waals surface area contributed by atoms with Crippen LogP contribution in [0.15, 0.2) is 83.8 Å². The third kappa shape index (κ3) is 32.9. The number of rotatable bonds is 57. The summed E-state index contributed by atoms with van der Waals surface area (Å²) in [5, 5.41) is 0. The average molecular weight is 1200 g/mol. The maximum atomic E-state index is 14.4. The van der Waals surface area contributed by atoms with Crippen LogP contribution in [0.3, 0.4) is 0 Å². The molecule has 2 aromatic rings. The summed E-state index contributed by atoms with van der Waals surface area (Å²) in [7, 11) is 2.07. The van der Waals surface area contributed by atoms with E-state index >= 15 is 0 Å². The highest BCUT2D eigenvalue weighted by molar-refractivity contribution is 6.08. The van der Waals surface area contributed by atoms with Crippen molar-refractivity contribution < 1.29 is 28.5 Å². The molecule has 2 aliphatic rings. The van der Waals surface area contributed by atoms with Crippen LogP contribution in [-0.2, 0) is 14.9 Å². The predicted molar refractivity (Wildman–Crippen MR) is 373 cm³/mol. The maximum Gasteiger partial charge on any atom is 0.343 e. The van der Waals surface area contributed by atoms with Crippen LogP contribution in [0.4, 0.5) is 5.69 Å². The van der Waals surface area contributed by atoms with Crippen LogP contribution in [0.2, 0.25) is 0 Å². The van der Waals surface area contributed by atoms with Gasteiger partial charge in [-0.2, -0.15) is 0 Å². The molecule has 0 radical (unpaired) electrons. The lowest BCUT2D eigenvalue weighted by molar-refractivity contribution is -0.111. The summed E-state index contributed by atoms with van der Waals surface area (Å²) in [5.41, 5.74) is 4.03. The van der Waals surface area contributed by atoms with Gasteiger partial charge >= 0.3 is 5.97 Å². The highest BCUT2D eigenvalue weighted by Crippen LogP contribution is 2.47. The van der Waals surface area contributed by atoms with Crippen molar-refractivity contribution in [3.8, 4) is 17.2 Å². The van der Waals surface area contributed by atoms with E-state index in [0.29, 0.717) is 54.0 Å². The second-order valence-corrected chi connectivity index (χ2v) is 26.8. The van der Waals surface area contributed by atoms with E-state index in [1.165, 1.54) is 281 Å². The minimum atomic E-state index is -0.533. The van der Waals surface area contributed by atoms with E-state index in [1.54, 1.807) is 24.3 Å². The zero-order valence-corrected chi connectivity index (χ0v) is 57.3. The lowest BCUT2D eigenvalue weighted by Gasteiger charge is -2.23. The third-order valence-electron chi connectivity index (χ3n) is 18.6. The summed E-state index contributed by atoms with van der Waals surface area (Å²) in [5.74, 6) is 1.29. The van der Waals surface area contributed by atoms with E-state index in [1.807, 2.05) is 12.2 Å². The smallest absolute Gasteiger partial charge is 0.343 e. The van der Waals surface area contributed by atoms with E-state index < -0.39 is 5.97 Å². The number of benzene rings is 2. The van der Waals surface area contributed by atoms with Crippen LogP contribution < -0.4 is 19.1 Å². The molecular formula is C80H131NO6. The summed E-state index contributed by atoms with van der Waals surface area (Å²) in [6.07, 6.45) is 71.8. The molecule has 0 fully saturated rings. The van der Waals surface area contributed by atoms with Crippen LogP contribution in [0.25, 0.3) is 0 Å². The Hall–Kier alpha value is -4.26. The van der Waals surface area contributed by atoms with Gasteiger partial charge in [-0.3, -0.25) is 4.79 Å². The molecular weight excluding hydrogens is 1070 g/mol. The minimum Gasteiger partial charge on any atom is -0.490 e. The Kier molecular flexibility index (Phi) is 42.8. The van der Waals surface area contributed by atoms with E-state index in [-0.39, 0.29) is 11.2 Å². The molecule has 4 rings (SSSR count). The van der Waals surface area contributed by atoms with Crippen LogP contribution >= 0.6 is 0 Å². The number of likely N-dealkylation sites (N-methyl/N-ethyl adjacent to an activating group) is 1. The van der Waals surface area contributed by atoms with Crippen molar-refractivity contribution in [2.45, 2.75) is 348 Å². The molecule has 0 spiro atoms. The van der Waals surface area contributed by atoms with Gasteiger partial charge in [0.1, 0.15) is 5.76 Å². The topological polar surface area (TPSA) is 74.3 Å². The number of anilines is 1. The quantitative estimate of drug-likeness (QED) is 0.0371. The van der Waals surface area contributed by atoms with Gasteiger partial charge in [-0.1, -0.05) is 342 Å². The molecule has 1 heterocycles. The first-order chi connectivity index (χ1) is 42.7. The van der Waals surface area contributed by atoms with Crippen molar-refractivity contribution in [1.29, 1.82) is 0 Å². The Morgan fingerprint density at radius 3 is 1.13 bits per heavy atom. The van der Waals surface area contributed by atoms with Crippen LogP contribution in [0.1, 0.15) is 359 Å². The molecule has 0 N–H and O–H groups in total. The summed E-state index contributed by atoms with van der Waals surface area (Å²) in [4.78, 5) is 29.9. The van der Waals surface area contributed by atoms with E-state index in [4.69, 9.17) is 18.9 Å². The molecule has 2 aromatic carbocycles. The fraction of sp³-hybridized carbons (Fsp3) is 0.725. The number of fused-ring (bicyclic) bond motifs is 1. The number of unbranched alkanes of at least 4 members (excludes halogenated alkanes) is 45. The predicted octanol–water partition coefficient (Wildman–Crippen LogP) is 25.0. The maximum absolute atomic E-state index is 14.4. The highest BCUT2D eigenvalue weighted by Gasteiger charge is 2.38. The van der Waals surface area contributed by atoms with Gasteiger partial charge in [-0.25, -0.2) is 4.79 Å². The number of hydrogen-bond acceptors (Lipinski definition) is 7.